The van der Waals surface area contributed by atoms with Crippen LogP contribution in [-0.2, 0) is 4.79 Å². The highest BCUT2D eigenvalue weighted by molar-refractivity contribution is 7.12. The minimum absolute atomic E-state index is 0.00528. The molecular weight excluding hydrogens is 326 g/mol. The maximum atomic E-state index is 12.3. The molecule has 24 heavy (non-hydrogen) atoms. The van der Waals surface area contributed by atoms with E-state index in [2.05, 4.69) is 10.3 Å². The monoisotopic (exact) mass is 345 g/mol. The Bertz CT molecular complexity index is 787. The lowest BCUT2D eigenvalue weighted by Crippen LogP contribution is -2.29. The lowest BCUT2D eigenvalue weighted by molar-refractivity contribution is -0.132. The molecule has 2 aromatic rings. The van der Waals surface area contributed by atoms with E-state index in [1.165, 1.54) is 11.3 Å². The molecule has 0 bridgehead atoms. The molecule has 3 rings (SSSR count). The van der Waals surface area contributed by atoms with E-state index in [4.69, 9.17) is 4.74 Å². The van der Waals surface area contributed by atoms with Gasteiger partial charge in [0.2, 0.25) is 0 Å². The van der Waals surface area contributed by atoms with E-state index in [-0.39, 0.29) is 11.8 Å². The molecule has 7 heteroatoms. The van der Waals surface area contributed by atoms with Crippen molar-refractivity contribution >= 4 is 28.8 Å². The molecule has 1 N–H and O–H groups in total. The molecule has 1 fully saturated rings. The Morgan fingerprint density at radius 2 is 2.21 bits per heavy atom. The average Bonchev–Trinajstić information content (AvgIpc) is 3.10. The minimum atomic E-state index is -0.422. The standard InChI is InChI=1S/C17H19N3O3S/c1-10-8-12(23-14-6-7-20(3)17(14)22)4-5-13(10)19-16(21)15-11(2)18-9-24-15/h4-5,8-9,14H,6-7H2,1-3H3,(H,19,21). The van der Waals surface area contributed by atoms with Gasteiger partial charge in [-0.15, -0.1) is 11.3 Å². The van der Waals surface area contributed by atoms with Gasteiger partial charge < -0.3 is 15.0 Å². The van der Waals surface area contributed by atoms with Crippen LogP contribution in [0.1, 0.15) is 27.3 Å². The van der Waals surface area contributed by atoms with Gasteiger partial charge >= 0.3 is 0 Å². The highest BCUT2D eigenvalue weighted by Crippen LogP contribution is 2.25. The Hall–Kier alpha value is -2.41. The van der Waals surface area contributed by atoms with Crippen LogP contribution in [0, 0.1) is 13.8 Å². The molecule has 0 spiro atoms. The maximum Gasteiger partial charge on any atom is 0.267 e. The quantitative estimate of drug-likeness (QED) is 0.925. The average molecular weight is 345 g/mol. The van der Waals surface area contributed by atoms with Gasteiger partial charge in [0, 0.05) is 25.7 Å². The maximum absolute atomic E-state index is 12.3. The zero-order valence-electron chi connectivity index (χ0n) is 13.8. The van der Waals surface area contributed by atoms with Gasteiger partial charge in [-0.05, 0) is 37.6 Å². The molecule has 2 amide bonds. The number of amides is 2. The largest absolute Gasteiger partial charge is 0.481 e. The van der Waals surface area contributed by atoms with Crippen LogP contribution >= 0.6 is 11.3 Å². The zero-order chi connectivity index (χ0) is 17.3. The SMILES string of the molecule is Cc1cc(OC2CCN(C)C2=O)ccc1NC(=O)c1scnc1C. The Labute approximate surface area is 144 Å². The van der Waals surface area contributed by atoms with Crippen LogP contribution in [0.5, 0.6) is 5.75 Å². The van der Waals surface area contributed by atoms with Crippen molar-refractivity contribution in [3.8, 4) is 5.75 Å². The highest BCUT2D eigenvalue weighted by atomic mass is 32.1. The number of likely N-dealkylation sites (tertiary alicyclic amines) is 1. The molecule has 1 aliphatic rings. The molecular formula is C17H19N3O3S. The summed E-state index contributed by atoms with van der Waals surface area (Å²) in [7, 11) is 1.77. The number of anilines is 1. The summed E-state index contributed by atoms with van der Waals surface area (Å²) >= 11 is 1.32. The number of aryl methyl sites for hydroxylation is 2. The number of hydrogen-bond acceptors (Lipinski definition) is 5. The number of carbonyl (C=O) groups is 2. The Morgan fingerprint density at radius 1 is 1.42 bits per heavy atom. The molecule has 1 saturated heterocycles. The third kappa shape index (κ3) is 3.26. The molecule has 0 aliphatic carbocycles. The van der Waals surface area contributed by atoms with Crippen LogP contribution in [-0.4, -0.2) is 41.4 Å². The fourth-order valence-electron chi connectivity index (χ4n) is 2.61. The van der Waals surface area contributed by atoms with Gasteiger partial charge in [-0.1, -0.05) is 0 Å². The minimum Gasteiger partial charge on any atom is -0.481 e. The number of nitrogens with one attached hydrogen (secondary N) is 1. The summed E-state index contributed by atoms with van der Waals surface area (Å²) in [5, 5.41) is 2.89. The fraction of sp³-hybridized carbons (Fsp3) is 0.353. The molecule has 126 valence electrons. The first-order valence-electron chi connectivity index (χ1n) is 7.69. The van der Waals surface area contributed by atoms with Gasteiger partial charge in [0.15, 0.2) is 6.10 Å². The highest BCUT2D eigenvalue weighted by Gasteiger charge is 2.30. The van der Waals surface area contributed by atoms with E-state index >= 15 is 0 Å². The first kappa shape index (κ1) is 16.4. The van der Waals surface area contributed by atoms with E-state index in [9.17, 15) is 9.59 Å². The lowest BCUT2D eigenvalue weighted by atomic mass is 10.2. The summed E-state index contributed by atoms with van der Waals surface area (Å²) in [6.45, 7) is 4.42. The van der Waals surface area contributed by atoms with E-state index in [0.717, 1.165) is 16.9 Å². The van der Waals surface area contributed by atoms with Gasteiger partial charge in [-0.25, -0.2) is 4.98 Å². The second-order valence-corrected chi connectivity index (χ2v) is 6.71. The number of hydrogen-bond donors (Lipinski definition) is 1. The van der Waals surface area contributed by atoms with E-state index in [0.29, 0.717) is 23.6 Å². The van der Waals surface area contributed by atoms with Crippen LogP contribution in [0.25, 0.3) is 0 Å². The van der Waals surface area contributed by atoms with Crippen LogP contribution < -0.4 is 10.1 Å². The molecule has 1 unspecified atom stereocenters. The summed E-state index contributed by atoms with van der Waals surface area (Å²) in [6.07, 6.45) is 0.270. The molecule has 1 aromatic heterocycles. The number of aromatic nitrogens is 1. The second-order valence-electron chi connectivity index (χ2n) is 5.85. The Kier molecular flexibility index (Phi) is 4.53. The van der Waals surface area contributed by atoms with Crippen LogP contribution in [0.3, 0.4) is 0 Å². The predicted octanol–water partition coefficient (Wildman–Crippen LogP) is 2.62. The van der Waals surface area contributed by atoms with Crippen LogP contribution in [0.15, 0.2) is 23.7 Å². The number of rotatable bonds is 4. The number of carbonyl (C=O) groups excluding carboxylic acids is 2. The summed E-state index contributed by atoms with van der Waals surface area (Å²) in [5.41, 5.74) is 3.97. The lowest BCUT2D eigenvalue weighted by Gasteiger charge is -2.15. The van der Waals surface area contributed by atoms with Crippen LogP contribution in [0.2, 0.25) is 0 Å². The van der Waals surface area contributed by atoms with Crippen LogP contribution in [0.4, 0.5) is 5.69 Å². The molecule has 1 aliphatic heterocycles. The zero-order valence-corrected chi connectivity index (χ0v) is 14.6. The van der Waals surface area contributed by atoms with E-state index in [1.807, 2.05) is 19.9 Å². The van der Waals surface area contributed by atoms with Gasteiger partial charge in [-0.3, -0.25) is 9.59 Å². The predicted molar refractivity (Wildman–Crippen MR) is 92.7 cm³/mol. The van der Waals surface area contributed by atoms with Crippen molar-refractivity contribution in [3.63, 3.8) is 0 Å². The second kappa shape index (κ2) is 6.60. The number of nitrogens with zero attached hydrogens (tertiary/aromatic N) is 2. The summed E-state index contributed by atoms with van der Waals surface area (Å²) in [6, 6.07) is 5.40. The van der Waals surface area contributed by atoms with E-state index < -0.39 is 6.10 Å². The smallest absolute Gasteiger partial charge is 0.267 e. The third-order valence-electron chi connectivity index (χ3n) is 4.05. The Balaban J connectivity index is 1.70. The number of thiazole rings is 1. The molecule has 1 aromatic carbocycles. The Morgan fingerprint density at radius 3 is 2.79 bits per heavy atom. The van der Waals surface area contributed by atoms with Crippen molar-refractivity contribution in [2.24, 2.45) is 0 Å². The van der Waals surface area contributed by atoms with Crippen molar-refractivity contribution in [2.45, 2.75) is 26.4 Å². The summed E-state index contributed by atoms with van der Waals surface area (Å²) in [5.74, 6) is 0.471. The number of ether oxygens (including phenoxy) is 1. The van der Waals surface area contributed by atoms with Crippen molar-refractivity contribution in [2.75, 3.05) is 18.9 Å². The first-order chi connectivity index (χ1) is 11.5. The van der Waals surface area contributed by atoms with Gasteiger partial charge in [0.05, 0.1) is 11.2 Å². The van der Waals surface area contributed by atoms with Gasteiger partial charge in [-0.2, -0.15) is 0 Å². The molecule has 2 heterocycles. The summed E-state index contributed by atoms with van der Waals surface area (Å²) in [4.78, 5) is 30.5. The van der Waals surface area contributed by atoms with Gasteiger partial charge in [0.25, 0.3) is 11.8 Å². The number of likely N-dealkylation sites (N-methyl/N-ethyl adjacent to an activating group) is 1. The fourth-order valence-corrected chi connectivity index (χ4v) is 3.31. The molecule has 0 saturated carbocycles. The topological polar surface area (TPSA) is 71.5 Å². The number of benzene rings is 1. The molecule has 1 atom stereocenters. The van der Waals surface area contributed by atoms with Crippen molar-refractivity contribution in [3.05, 3.63) is 39.8 Å². The third-order valence-corrected chi connectivity index (χ3v) is 4.98. The van der Waals surface area contributed by atoms with E-state index in [1.54, 1.807) is 29.6 Å². The van der Waals surface area contributed by atoms with Crippen molar-refractivity contribution < 1.29 is 14.3 Å². The molecule has 6 nitrogen and oxygen atoms in total. The van der Waals surface area contributed by atoms with Crippen molar-refractivity contribution in [1.29, 1.82) is 0 Å². The van der Waals surface area contributed by atoms with Gasteiger partial charge in [0.1, 0.15) is 10.6 Å². The molecule has 0 radical (unpaired) electrons. The first-order valence-corrected chi connectivity index (χ1v) is 8.57. The normalized spacial score (nSPS) is 17.2. The summed E-state index contributed by atoms with van der Waals surface area (Å²) < 4.78 is 5.78. The van der Waals surface area contributed by atoms with Crippen molar-refractivity contribution in [1.82, 2.24) is 9.88 Å².